The van der Waals surface area contributed by atoms with Crippen LogP contribution in [-0.2, 0) is 4.79 Å². The zero-order valence-corrected chi connectivity index (χ0v) is 9.99. The zero-order chi connectivity index (χ0) is 12.8. The summed E-state index contributed by atoms with van der Waals surface area (Å²) in [5, 5.41) is 8.31. The zero-order valence-electron chi connectivity index (χ0n) is 9.99. The molecule has 0 aliphatic carbocycles. The van der Waals surface area contributed by atoms with E-state index < -0.39 is 5.97 Å². The predicted molar refractivity (Wildman–Crippen MR) is 72.8 cm³/mol. The molecule has 0 aliphatic rings. The highest BCUT2D eigenvalue weighted by molar-refractivity contribution is 5.80. The molecule has 0 radical (unpaired) electrons. The summed E-state index contributed by atoms with van der Waals surface area (Å²) >= 11 is 0. The molecule has 2 heteroatoms. The van der Waals surface area contributed by atoms with E-state index in [4.69, 9.17) is 5.11 Å². The van der Waals surface area contributed by atoms with Crippen LogP contribution in [0.25, 0.3) is 0 Å². The van der Waals surface area contributed by atoms with Crippen molar-refractivity contribution < 1.29 is 9.90 Å². The van der Waals surface area contributed by atoms with Gasteiger partial charge in [-0.25, -0.2) is 4.79 Å². The normalized spacial score (nSPS) is 13.5. The van der Waals surface area contributed by atoms with Gasteiger partial charge in [0.25, 0.3) is 0 Å². The molecule has 0 aliphatic heterocycles. The van der Waals surface area contributed by atoms with Crippen molar-refractivity contribution in [3.8, 4) is 0 Å². The molecule has 0 atom stereocenters. The Morgan fingerprint density at radius 2 is 1.24 bits per heavy atom. The van der Waals surface area contributed by atoms with Gasteiger partial charge < -0.3 is 5.11 Å². The fourth-order valence-corrected chi connectivity index (χ4v) is 0.866. The average Bonchev–Trinajstić information content (AvgIpc) is 2.30. The summed E-state index contributed by atoms with van der Waals surface area (Å²) in [5.74, 6) is -0.941. The number of carboxylic acid groups (broad SMARTS) is 1. The third-order valence-electron chi connectivity index (χ3n) is 1.61. The fraction of sp³-hybridized carbons (Fsp3) is 0.133. The molecule has 0 saturated carbocycles. The number of allylic oxidation sites excluding steroid dienone is 11. The number of carboxylic acids is 1. The summed E-state index contributed by atoms with van der Waals surface area (Å²) in [6.07, 6.45) is 22.6. The van der Waals surface area contributed by atoms with Crippen LogP contribution in [0.3, 0.4) is 0 Å². The van der Waals surface area contributed by atoms with E-state index in [0.29, 0.717) is 0 Å². The van der Waals surface area contributed by atoms with Crippen LogP contribution in [0.1, 0.15) is 13.3 Å². The largest absolute Gasteiger partial charge is 0.478 e. The molecule has 0 aromatic rings. The molecule has 0 aromatic carbocycles. The van der Waals surface area contributed by atoms with E-state index in [0.717, 1.165) is 12.5 Å². The van der Waals surface area contributed by atoms with Crippen LogP contribution in [0.4, 0.5) is 0 Å². The quantitative estimate of drug-likeness (QED) is 0.533. The molecule has 0 spiro atoms. The first-order valence-electron chi connectivity index (χ1n) is 5.50. The third-order valence-corrected chi connectivity index (χ3v) is 1.61. The highest BCUT2D eigenvalue weighted by Crippen LogP contribution is 1.85. The van der Waals surface area contributed by atoms with E-state index in [9.17, 15) is 4.79 Å². The number of hydrogen-bond donors (Lipinski definition) is 1. The van der Waals surface area contributed by atoms with E-state index >= 15 is 0 Å². The molecule has 0 rings (SSSR count). The molecule has 0 heterocycles. The van der Waals surface area contributed by atoms with Crippen molar-refractivity contribution in [3.63, 3.8) is 0 Å². The van der Waals surface area contributed by atoms with Crippen LogP contribution in [0.2, 0.25) is 0 Å². The lowest BCUT2D eigenvalue weighted by Crippen LogP contribution is -1.84. The van der Waals surface area contributed by atoms with Crippen LogP contribution in [-0.4, -0.2) is 11.1 Å². The SMILES string of the molecule is CCC=CC=CC=CC=CC=CC=CC(=O)O. The van der Waals surface area contributed by atoms with Crippen LogP contribution < -0.4 is 0 Å². The minimum atomic E-state index is -0.941. The number of rotatable bonds is 7. The second-order valence-electron chi connectivity index (χ2n) is 3.07. The minimum absolute atomic E-state index is 0.941. The van der Waals surface area contributed by atoms with E-state index in [-0.39, 0.29) is 0 Å². The first kappa shape index (κ1) is 14.9. The van der Waals surface area contributed by atoms with Gasteiger partial charge in [-0.3, -0.25) is 0 Å². The molecule has 0 unspecified atom stereocenters. The van der Waals surface area contributed by atoms with Gasteiger partial charge in [-0.15, -0.1) is 0 Å². The maximum Gasteiger partial charge on any atom is 0.328 e. The summed E-state index contributed by atoms with van der Waals surface area (Å²) in [4.78, 5) is 10.1. The summed E-state index contributed by atoms with van der Waals surface area (Å²) in [6.45, 7) is 2.09. The van der Waals surface area contributed by atoms with Crippen molar-refractivity contribution in [2.24, 2.45) is 0 Å². The Hall–Kier alpha value is -2.09. The van der Waals surface area contributed by atoms with Gasteiger partial charge in [0.2, 0.25) is 0 Å². The predicted octanol–water partition coefficient (Wildman–Crippen LogP) is 3.82. The maximum atomic E-state index is 10.1. The molecule has 2 nitrogen and oxygen atoms in total. The van der Waals surface area contributed by atoms with Gasteiger partial charge in [0, 0.05) is 6.08 Å². The van der Waals surface area contributed by atoms with Crippen LogP contribution >= 0.6 is 0 Å². The van der Waals surface area contributed by atoms with Crippen LogP contribution in [0.15, 0.2) is 72.9 Å². The van der Waals surface area contributed by atoms with E-state index in [1.807, 2.05) is 42.5 Å². The number of carbonyl (C=O) groups is 1. The van der Waals surface area contributed by atoms with Crippen LogP contribution in [0.5, 0.6) is 0 Å². The fourth-order valence-electron chi connectivity index (χ4n) is 0.866. The Bertz CT molecular complexity index is 366. The molecular formula is C15H18O2. The van der Waals surface area contributed by atoms with E-state index in [1.165, 1.54) is 6.08 Å². The standard InChI is InChI=1S/C15H18O2/c1-2-3-4-5-6-7-8-9-10-11-12-13-14-15(16)17/h3-14H,2H2,1H3,(H,16,17). The van der Waals surface area contributed by atoms with E-state index in [2.05, 4.69) is 13.0 Å². The molecule has 0 bridgehead atoms. The summed E-state index contributed by atoms with van der Waals surface area (Å²) in [7, 11) is 0. The van der Waals surface area contributed by atoms with Gasteiger partial charge in [-0.2, -0.15) is 0 Å². The Labute approximate surface area is 103 Å². The molecule has 0 saturated heterocycles. The lowest BCUT2D eigenvalue weighted by atomic mass is 10.3. The van der Waals surface area contributed by atoms with Crippen molar-refractivity contribution in [2.75, 3.05) is 0 Å². The Morgan fingerprint density at radius 3 is 1.65 bits per heavy atom. The smallest absolute Gasteiger partial charge is 0.328 e. The summed E-state index contributed by atoms with van der Waals surface area (Å²) < 4.78 is 0. The lowest BCUT2D eigenvalue weighted by Gasteiger charge is -1.76. The maximum absolute atomic E-state index is 10.1. The van der Waals surface area contributed by atoms with Gasteiger partial charge in [0.05, 0.1) is 0 Å². The topological polar surface area (TPSA) is 37.3 Å². The first-order valence-corrected chi connectivity index (χ1v) is 5.50. The van der Waals surface area contributed by atoms with Crippen molar-refractivity contribution in [1.82, 2.24) is 0 Å². The Morgan fingerprint density at radius 1 is 0.824 bits per heavy atom. The average molecular weight is 230 g/mol. The Kier molecular flexibility index (Phi) is 10.5. The summed E-state index contributed by atoms with van der Waals surface area (Å²) in [6, 6.07) is 0. The van der Waals surface area contributed by atoms with Crippen molar-refractivity contribution in [2.45, 2.75) is 13.3 Å². The van der Waals surface area contributed by atoms with Gasteiger partial charge in [-0.05, 0) is 6.42 Å². The van der Waals surface area contributed by atoms with Gasteiger partial charge in [0.1, 0.15) is 0 Å². The van der Waals surface area contributed by atoms with Gasteiger partial charge >= 0.3 is 5.97 Å². The highest BCUT2D eigenvalue weighted by atomic mass is 16.4. The molecule has 1 N–H and O–H groups in total. The number of aliphatic carboxylic acids is 1. The second kappa shape index (κ2) is 12.0. The van der Waals surface area contributed by atoms with Crippen molar-refractivity contribution in [1.29, 1.82) is 0 Å². The molecule has 0 amide bonds. The van der Waals surface area contributed by atoms with E-state index in [1.54, 1.807) is 12.2 Å². The minimum Gasteiger partial charge on any atom is -0.478 e. The van der Waals surface area contributed by atoms with Gasteiger partial charge in [-0.1, -0.05) is 73.8 Å². The van der Waals surface area contributed by atoms with Crippen LogP contribution in [0, 0.1) is 0 Å². The molecule has 0 aromatic heterocycles. The molecular weight excluding hydrogens is 212 g/mol. The third kappa shape index (κ3) is 13.9. The highest BCUT2D eigenvalue weighted by Gasteiger charge is 1.78. The Balaban J connectivity index is 3.80. The summed E-state index contributed by atoms with van der Waals surface area (Å²) in [5.41, 5.74) is 0. The molecule has 90 valence electrons. The van der Waals surface area contributed by atoms with Crippen molar-refractivity contribution >= 4 is 5.97 Å². The monoisotopic (exact) mass is 230 g/mol. The van der Waals surface area contributed by atoms with Gasteiger partial charge in [0.15, 0.2) is 0 Å². The van der Waals surface area contributed by atoms with Crippen molar-refractivity contribution in [3.05, 3.63) is 72.9 Å². The molecule has 0 fully saturated rings. The lowest BCUT2D eigenvalue weighted by molar-refractivity contribution is -0.131. The molecule has 17 heavy (non-hydrogen) atoms. The number of hydrogen-bond acceptors (Lipinski definition) is 1. The first-order chi connectivity index (χ1) is 8.27. The second-order valence-corrected chi connectivity index (χ2v) is 3.07.